The molecule has 0 heterocycles. The molecule has 1 radical (unpaired) electrons. The molecule has 1 N–H and O–H groups in total. The fourth-order valence-corrected chi connectivity index (χ4v) is 1.37. The molecular formula is C14H22NO2. The molecule has 0 aromatic heterocycles. The maximum absolute atomic E-state index is 7.74. The van der Waals surface area contributed by atoms with Gasteiger partial charge in [0.2, 0.25) is 0 Å². The fraction of sp³-hybridized carbons (Fsp3) is 0.571. The van der Waals surface area contributed by atoms with Crippen molar-refractivity contribution in [3.8, 4) is 11.5 Å². The van der Waals surface area contributed by atoms with Crippen molar-refractivity contribution in [3.05, 3.63) is 18.2 Å². The summed E-state index contributed by atoms with van der Waals surface area (Å²) in [6.45, 7) is 5.65. The smallest absolute Gasteiger partial charge is 0.147 e. The van der Waals surface area contributed by atoms with E-state index in [0.717, 1.165) is 38.0 Å². The Labute approximate surface area is 104 Å². The summed E-state index contributed by atoms with van der Waals surface area (Å²) in [7, 11) is 0. The summed E-state index contributed by atoms with van der Waals surface area (Å²) in [6.07, 6.45) is 4.28. The molecule has 0 aliphatic heterocycles. The quantitative estimate of drug-likeness (QED) is 0.641. The van der Waals surface area contributed by atoms with Gasteiger partial charge in [-0.2, -0.15) is 0 Å². The second-order valence-electron chi connectivity index (χ2n) is 4.06. The van der Waals surface area contributed by atoms with Gasteiger partial charge in [-0.25, -0.2) is 0 Å². The first kappa shape index (κ1) is 13.7. The van der Waals surface area contributed by atoms with Gasteiger partial charge < -0.3 is 9.47 Å². The maximum Gasteiger partial charge on any atom is 0.147 e. The monoisotopic (exact) mass is 236 g/mol. The SMILES string of the molecule is CCCCOc1ccc([NH])c(OCCCC)c1. The van der Waals surface area contributed by atoms with Crippen LogP contribution in [0.5, 0.6) is 11.5 Å². The lowest BCUT2D eigenvalue weighted by Gasteiger charge is -2.10. The molecule has 1 aromatic carbocycles. The summed E-state index contributed by atoms with van der Waals surface area (Å²) in [5, 5.41) is 0. The zero-order valence-corrected chi connectivity index (χ0v) is 10.8. The van der Waals surface area contributed by atoms with Crippen LogP contribution < -0.4 is 15.2 Å². The first-order valence-corrected chi connectivity index (χ1v) is 6.39. The van der Waals surface area contributed by atoms with E-state index in [-0.39, 0.29) is 0 Å². The van der Waals surface area contributed by atoms with Gasteiger partial charge in [0.05, 0.1) is 18.9 Å². The summed E-state index contributed by atoms with van der Waals surface area (Å²) in [4.78, 5) is 0. The molecule has 0 amide bonds. The molecule has 0 aliphatic carbocycles. The van der Waals surface area contributed by atoms with Crippen LogP contribution >= 0.6 is 0 Å². The van der Waals surface area contributed by atoms with Crippen LogP contribution in [0, 0.1) is 0 Å². The highest BCUT2D eigenvalue weighted by Crippen LogP contribution is 2.28. The van der Waals surface area contributed by atoms with E-state index in [1.807, 2.05) is 12.1 Å². The molecule has 0 saturated heterocycles. The third-order valence-electron chi connectivity index (χ3n) is 2.48. The second-order valence-corrected chi connectivity index (χ2v) is 4.06. The first-order valence-electron chi connectivity index (χ1n) is 6.39. The number of hydrogen-bond donors (Lipinski definition) is 0. The highest BCUT2D eigenvalue weighted by atomic mass is 16.5. The summed E-state index contributed by atoms with van der Waals surface area (Å²) in [5.41, 5.74) is 8.16. The standard InChI is InChI=1S/C14H22NO2/c1-3-5-9-16-12-7-8-13(15)14(11-12)17-10-6-4-2/h7-8,11,15H,3-6,9-10H2,1-2H3. The predicted molar refractivity (Wildman–Crippen MR) is 70.0 cm³/mol. The van der Waals surface area contributed by atoms with Crippen molar-refractivity contribution in [1.29, 1.82) is 0 Å². The number of ether oxygens (including phenoxy) is 2. The van der Waals surface area contributed by atoms with Gasteiger partial charge >= 0.3 is 0 Å². The normalized spacial score (nSPS) is 10.2. The Morgan fingerprint density at radius 1 is 1.00 bits per heavy atom. The third kappa shape index (κ3) is 4.98. The van der Waals surface area contributed by atoms with E-state index in [9.17, 15) is 0 Å². The lowest BCUT2D eigenvalue weighted by molar-refractivity contribution is 0.295. The van der Waals surface area contributed by atoms with Crippen molar-refractivity contribution in [2.24, 2.45) is 0 Å². The molecule has 3 heteroatoms. The van der Waals surface area contributed by atoms with E-state index < -0.39 is 0 Å². The number of benzene rings is 1. The van der Waals surface area contributed by atoms with E-state index >= 15 is 0 Å². The third-order valence-corrected chi connectivity index (χ3v) is 2.48. The predicted octanol–water partition coefficient (Wildman–Crippen LogP) is 3.96. The van der Waals surface area contributed by atoms with Gasteiger partial charge in [-0.05, 0) is 25.0 Å². The summed E-state index contributed by atoms with van der Waals surface area (Å²) >= 11 is 0. The van der Waals surface area contributed by atoms with Crippen molar-refractivity contribution < 1.29 is 9.47 Å². The van der Waals surface area contributed by atoms with Gasteiger partial charge in [-0.1, -0.05) is 26.7 Å². The lowest BCUT2D eigenvalue weighted by atomic mass is 10.2. The van der Waals surface area contributed by atoms with Crippen LogP contribution in [0.4, 0.5) is 5.69 Å². The molecule has 0 aliphatic rings. The minimum absolute atomic E-state index is 0.420. The molecular weight excluding hydrogens is 214 g/mol. The van der Waals surface area contributed by atoms with Gasteiger partial charge in [-0.3, -0.25) is 5.73 Å². The summed E-state index contributed by atoms with van der Waals surface area (Å²) in [6, 6.07) is 5.36. The van der Waals surface area contributed by atoms with E-state index in [1.54, 1.807) is 6.07 Å². The Hall–Kier alpha value is -1.38. The van der Waals surface area contributed by atoms with Crippen LogP contribution in [0.25, 0.3) is 0 Å². The van der Waals surface area contributed by atoms with Gasteiger partial charge in [0.15, 0.2) is 0 Å². The molecule has 0 spiro atoms. The second kappa shape index (κ2) is 7.82. The maximum atomic E-state index is 7.74. The van der Waals surface area contributed by atoms with Crippen LogP contribution in [0.2, 0.25) is 0 Å². The minimum atomic E-state index is 0.420. The van der Waals surface area contributed by atoms with Crippen molar-refractivity contribution in [1.82, 2.24) is 5.73 Å². The number of hydrogen-bond acceptors (Lipinski definition) is 2. The number of unbranched alkanes of at least 4 members (excludes halogenated alkanes) is 2. The van der Waals surface area contributed by atoms with Crippen LogP contribution in [-0.4, -0.2) is 13.2 Å². The molecule has 17 heavy (non-hydrogen) atoms. The van der Waals surface area contributed by atoms with Crippen molar-refractivity contribution >= 4 is 5.69 Å². The molecule has 0 fully saturated rings. The average molecular weight is 236 g/mol. The number of nitrogens with one attached hydrogen (secondary N) is 1. The van der Waals surface area contributed by atoms with E-state index in [4.69, 9.17) is 15.2 Å². The van der Waals surface area contributed by atoms with Gasteiger partial charge in [-0.15, -0.1) is 0 Å². The first-order chi connectivity index (χ1) is 8.27. The Morgan fingerprint density at radius 2 is 1.65 bits per heavy atom. The van der Waals surface area contributed by atoms with Crippen molar-refractivity contribution in [3.63, 3.8) is 0 Å². The highest BCUT2D eigenvalue weighted by Gasteiger charge is 2.03. The number of rotatable bonds is 8. The van der Waals surface area contributed by atoms with Crippen molar-refractivity contribution in [2.45, 2.75) is 39.5 Å². The van der Waals surface area contributed by atoms with Gasteiger partial charge in [0.25, 0.3) is 0 Å². The van der Waals surface area contributed by atoms with Gasteiger partial charge in [0.1, 0.15) is 11.5 Å². The Balaban J connectivity index is 2.53. The molecule has 0 saturated carbocycles. The van der Waals surface area contributed by atoms with Crippen LogP contribution in [0.3, 0.4) is 0 Å². The molecule has 0 unspecified atom stereocenters. The largest absolute Gasteiger partial charge is 0.493 e. The van der Waals surface area contributed by atoms with E-state index in [0.29, 0.717) is 18.0 Å². The van der Waals surface area contributed by atoms with Gasteiger partial charge in [0, 0.05) is 6.07 Å². The van der Waals surface area contributed by atoms with Crippen LogP contribution in [-0.2, 0) is 0 Å². The highest BCUT2D eigenvalue weighted by molar-refractivity contribution is 5.53. The minimum Gasteiger partial charge on any atom is -0.493 e. The average Bonchev–Trinajstić information content (AvgIpc) is 2.33. The molecule has 1 aromatic rings. The van der Waals surface area contributed by atoms with Crippen molar-refractivity contribution in [2.75, 3.05) is 13.2 Å². The molecule has 95 valence electrons. The molecule has 3 nitrogen and oxygen atoms in total. The fourth-order valence-electron chi connectivity index (χ4n) is 1.37. The molecule has 1 rings (SSSR count). The Bertz CT molecular complexity index is 326. The Kier molecular flexibility index (Phi) is 6.30. The Morgan fingerprint density at radius 3 is 2.29 bits per heavy atom. The van der Waals surface area contributed by atoms with E-state index in [1.165, 1.54) is 0 Å². The summed E-state index contributed by atoms with van der Waals surface area (Å²) in [5.74, 6) is 1.41. The zero-order chi connectivity index (χ0) is 12.5. The summed E-state index contributed by atoms with van der Waals surface area (Å²) < 4.78 is 11.1. The molecule has 0 atom stereocenters. The lowest BCUT2D eigenvalue weighted by Crippen LogP contribution is -2.00. The molecule has 0 bridgehead atoms. The topological polar surface area (TPSA) is 42.3 Å². The van der Waals surface area contributed by atoms with Crippen LogP contribution in [0.15, 0.2) is 18.2 Å². The van der Waals surface area contributed by atoms with Crippen LogP contribution in [0.1, 0.15) is 39.5 Å². The zero-order valence-electron chi connectivity index (χ0n) is 10.8. The van der Waals surface area contributed by atoms with E-state index in [2.05, 4.69) is 13.8 Å².